The van der Waals surface area contributed by atoms with E-state index in [9.17, 15) is 4.79 Å². The largest absolute Gasteiger partial charge is 0.352 e. The second-order valence-electron chi connectivity index (χ2n) is 5.43. The maximum atomic E-state index is 12.1. The number of H-pyrrole nitrogens is 1. The van der Waals surface area contributed by atoms with Crippen LogP contribution in [0.5, 0.6) is 0 Å². The molecule has 3 rings (SSSR count). The van der Waals surface area contributed by atoms with Crippen LogP contribution in [-0.4, -0.2) is 22.4 Å². The summed E-state index contributed by atoms with van der Waals surface area (Å²) in [4.78, 5) is 19.6. The molecule has 0 unspecified atom stereocenters. The first-order valence-electron chi connectivity index (χ1n) is 7.61. The normalized spacial score (nSPS) is 10.5. The number of rotatable bonds is 5. The fourth-order valence-corrected chi connectivity index (χ4v) is 3.34. The Hall–Kier alpha value is -2.31. The molecule has 0 atom stereocenters. The van der Waals surface area contributed by atoms with Crippen LogP contribution in [0.2, 0.25) is 0 Å². The number of hydrogen-bond donors (Lipinski definition) is 2. The molecule has 1 amide bonds. The zero-order valence-electron chi connectivity index (χ0n) is 13.2. The fourth-order valence-electron chi connectivity index (χ4n) is 2.25. The van der Waals surface area contributed by atoms with Crippen molar-refractivity contribution < 1.29 is 4.79 Å². The highest BCUT2D eigenvalue weighted by Gasteiger charge is 2.08. The Morgan fingerprint density at radius 3 is 2.83 bits per heavy atom. The van der Waals surface area contributed by atoms with E-state index in [2.05, 4.69) is 46.5 Å². The Morgan fingerprint density at radius 2 is 2.08 bits per heavy atom. The number of thiazole rings is 1. The first-order chi connectivity index (χ1) is 11.6. The van der Waals surface area contributed by atoms with Crippen molar-refractivity contribution in [1.82, 2.24) is 15.3 Å². The number of carbonyl (C=O) groups excluding carboxylic acids is 1. The molecule has 6 heteroatoms. The number of aromatic amines is 1. The smallest absolute Gasteiger partial charge is 0.254 e. The Labute approximate surface area is 149 Å². The van der Waals surface area contributed by atoms with Crippen LogP contribution < -0.4 is 5.32 Å². The summed E-state index contributed by atoms with van der Waals surface area (Å²) >= 11 is 6.73. The molecule has 2 heterocycles. The Bertz CT molecular complexity index is 897. The molecule has 0 aliphatic carbocycles. The van der Waals surface area contributed by atoms with Crippen molar-refractivity contribution in [3.8, 4) is 10.6 Å². The summed E-state index contributed by atoms with van der Waals surface area (Å²) in [6.45, 7) is 2.60. The van der Waals surface area contributed by atoms with Crippen LogP contribution in [0, 0.1) is 11.6 Å². The maximum Gasteiger partial charge on any atom is 0.254 e. The van der Waals surface area contributed by atoms with Gasteiger partial charge in [-0.2, -0.15) is 0 Å². The molecule has 2 N–H and O–H groups in total. The van der Waals surface area contributed by atoms with Crippen molar-refractivity contribution >= 4 is 29.5 Å². The third kappa shape index (κ3) is 3.96. The second-order valence-corrected chi connectivity index (χ2v) is 6.70. The van der Waals surface area contributed by atoms with E-state index in [4.69, 9.17) is 12.2 Å². The third-order valence-corrected chi connectivity index (χ3v) is 4.86. The summed E-state index contributed by atoms with van der Waals surface area (Å²) in [5.74, 6) is -0.161. The zero-order chi connectivity index (χ0) is 16.9. The van der Waals surface area contributed by atoms with Crippen molar-refractivity contribution in [3.05, 3.63) is 69.4 Å². The lowest BCUT2D eigenvalue weighted by atomic mass is 10.2. The Kier molecular flexibility index (Phi) is 5.17. The van der Waals surface area contributed by atoms with Crippen molar-refractivity contribution in [1.29, 1.82) is 0 Å². The van der Waals surface area contributed by atoms with Gasteiger partial charge in [0.05, 0.1) is 11.3 Å². The van der Waals surface area contributed by atoms with Crippen LogP contribution in [0.15, 0.2) is 48.0 Å². The van der Waals surface area contributed by atoms with E-state index in [1.165, 1.54) is 5.56 Å². The van der Waals surface area contributed by atoms with Crippen molar-refractivity contribution in [2.45, 2.75) is 13.3 Å². The highest BCUT2D eigenvalue weighted by Crippen LogP contribution is 2.24. The van der Waals surface area contributed by atoms with Gasteiger partial charge in [-0.3, -0.25) is 4.79 Å². The fraction of sp³-hybridized carbons (Fsp3) is 0.167. The quantitative estimate of drug-likeness (QED) is 0.676. The molecule has 4 nitrogen and oxygen atoms in total. The lowest BCUT2D eigenvalue weighted by Crippen LogP contribution is -2.26. The summed E-state index contributed by atoms with van der Waals surface area (Å²) in [7, 11) is 0. The molecule has 2 aromatic heterocycles. The average molecular weight is 355 g/mol. The predicted molar refractivity (Wildman–Crippen MR) is 100.0 cm³/mol. The number of aromatic nitrogens is 2. The molecule has 122 valence electrons. The summed E-state index contributed by atoms with van der Waals surface area (Å²) in [5.41, 5.74) is 3.83. The number of benzene rings is 1. The Balaban J connectivity index is 1.58. The van der Waals surface area contributed by atoms with Crippen LogP contribution in [-0.2, 0) is 6.42 Å². The minimum Gasteiger partial charge on any atom is -0.352 e. The van der Waals surface area contributed by atoms with Crippen molar-refractivity contribution in [2.75, 3.05) is 6.54 Å². The molecule has 0 radical (unpaired) electrons. The minimum atomic E-state index is -0.161. The predicted octanol–water partition coefficient (Wildman–Crippen LogP) is 4.15. The molecule has 0 aliphatic heterocycles. The molecule has 1 aromatic carbocycles. The van der Waals surface area contributed by atoms with Gasteiger partial charge in [-0.1, -0.05) is 42.0 Å². The van der Waals surface area contributed by atoms with Gasteiger partial charge in [-0.05, 0) is 19.1 Å². The molecule has 0 aliphatic rings. The van der Waals surface area contributed by atoms with Gasteiger partial charge in [-0.15, -0.1) is 11.3 Å². The summed E-state index contributed by atoms with van der Waals surface area (Å²) in [6, 6.07) is 11.8. The molecule has 0 bridgehead atoms. The number of nitrogens with zero attached hydrogens (tertiary/aromatic N) is 1. The minimum absolute atomic E-state index is 0.161. The molecule has 0 saturated heterocycles. The molecule has 0 spiro atoms. The molecule has 3 aromatic rings. The number of carbonyl (C=O) groups is 1. The molecule has 0 fully saturated rings. The highest BCUT2D eigenvalue weighted by atomic mass is 32.1. The number of hydrogen-bond acceptors (Lipinski definition) is 4. The van der Waals surface area contributed by atoms with Gasteiger partial charge >= 0.3 is 0 Å². The summed E-state index contributed by atoms with van der Waals surface area (Å²) in [5, 5.41) is 5.92. The first kappa shape index (κ1) is 16.5. The van der Waals surface area contributed by atoms with Gasteiger partial charge < -0.3 is 10.3 Å². The van der Waals surface area contributed by atoms with E-state index in [0.29, 0.717) is 23.2 Å². The van der Waals surface area contributed by atoms with Gasteiger partial charge in [-0.25, -0.2) is 4.98 Å². The topological polar surface area (TPSA) is 57.8 Å². The van der Waals surface area contributed by atoms with E-state index < -0.39 is 0 Å². The Morgan fingerprint density at radius 1 is 1.29 bits per heavy atom. The SMILES string of the molecule is Cc1ccc(-c2nc(CCNC(=O)c3ccc[nH]c3=S)cs2)cc1. The van der Waals surface area contributed by atoms with E-state index in [1.807, 2.05) is 5.38 Å². The van der Waals surface area contributed by atoms with Crippen LogP contribution in [0.25, 0.3) is 10.6 Å². The third-order valence-electron chi connectivity index (χ3n) is 3.58. The monoisotopic (exact) mass is 355 g/mol. The first-order valence-corrected chi connectivity index (χ1v) is 8.89. The van der Waals surface area contributed by atoms with Crippen molar-refractivity contribution in [3.63, 3.8) is 0 Å². The maximum absolute atomic E-state index is 12.1. The lowest BCUT2D eigenvalue weighted by Gasteiger charge is -2.04. The average Bonchev–Trinajstić information content (AvgIpc) is 3.04. The van der Waals surface area contributed by atoms with E-state index in [0.717, 1.165) is 16.3 Å². The van der Waals surface area contributed by atoms with E-state index in [-0.39, 0.29) is 5.91 Å². The standard InChI is InChI=1S/C18H17N3OS2/c1-12-4-6-13(7-5-12)18-21-14(11-24-18)8-10-19-16(22)15-3-2-9-20-17(15)23/h2-7,9,11H,8,10H2,1H3,(H,19,22)(H,20,23). The van der Waals surface area contributed by atoms with E-state index >= 15 is 0 Å². The van der Waals surface area contributed by atoms with Gasteiger partial charge in [0.15, 0.2) is 0 Å². The molecule has 0 saturated carbocycles. The van der Waals surface area contributed by atoms with E-state index in [1.54, 1.807) is 29.7 Å². The van der Waals surface area contributed by atoms with Gasteiger partial charge in [0.1, 0.15) is 9.65 Å². The summed E-state index contributed by atoms with van der Waals surface area (Å²) < 4.78 is 0.449. The van der Waals surface area contributed by atoms with Gasteiger partial charge in [0.2, 0.25) is 0 Å². The molecular weight excluding hydrogens is 338 g/mol. The summed E-state index contributed by atoms with van der Waals surface area (Å²) in [6.07, 6.45) is 2.40. The number of aryl methyl sites for hydroxylation is 1. The number of pyridine rings is 1. The van der Waals surface area contributed by atoms with Crippen LogP contribution in [0.1, 0.15) is 21.6 Å². The number of amides is 1. The van der Waals surface area contributed by atoms with Crippen LogP contribution in [0.4, 0.5) is 0 Å². The molecule has 24 heavy (non-hydrogen) atoms. The van der Waals surface area contributed by atoms with Crippen LogP contribution in [0.3, 0.4) is 0 Å². The van der Waals surface area contributed by atoms with Gasteiger partial charge in [0, 0.05) is 30.1 Å². The number of nitrogens with one attached hydrogen (secondary N) is 2. The van der Waals surface area contributed by atoms with Crippen molar-refractivity contribution in [2.24, 2.45) is 0 Å². The van der Waals surface area contributed by atoms with Gasteiger partial charge in [0.25, 0.3) is 5.91 Å². The highest BCUT2D eigenvalue weighted by molar-refractivity contribution is 7.71. The lowest BCUT2D eigenvalue weighted by molar-refractivity contribution is 0.0953. The zero-order valence-corrected chi connectivity index (χ0v) is 14.8. The second kappa shape index (κ2) is 7.51. The van der Waals surface area contributed by atoms with Crippen LogP contribution >= 0.6 is 23.6 Å². The molecular formula is C18H17N3OS2.